The molecule has 0 spiro atoms. The molecule has 0 aliphatic carbocycles. The largest absolute Gasteiger partial charge is 0.395 e. The minimum atomic E-state index is -0.000104. The van der Waals surface area contributed by atoms with E-state index >= 15 is 0 Å². The van der Waals surface area contributed by atoms with Crippen LogP contribution in [0.3, 0.4) is 0 Å². The molecule has 0 radical (unpaired) electrons. The highest BCUT2D eigenvalue weighted by molar-refractivity contribution is 7.98. The second-order valence-electron chi connectivity index (χ2n) is 4.97. The van der Waals surface area contributed by atoms with Gasteiger partial charge in [0.05, 0.1) is 12.2 Å². The first kappa shape index (κ1) is 15.4. The maximum atomic E-state index is 12.7. The van der Waals surface area contributed by atoms with Crippen molar-refractivity contribution >= 4 is 17.7 Å². The van der Waals surface area contributed by atoms with Crippen LogP contribution in [0.5, 0.6) is 0 Å². The molecule has 1 aromatic rings. The molecule has 110 valence electrons. The van der Waals surface area contributed by atoms with E-state index in [1.54, 1.807) is 16.7 Å². The molecular weight excluding hydrogens is 272 g/mol. The maximum absolute atomic E-state index is 12.7. The van der Waals surface area contributed by atoms with E-state index in [2.05, 4.69) is 5.32 Å². The van der Waals surface area contributed by atoms with Crippen LogP contribution < -0.4 is 5.32 Å². The van der Waals surface area contributed by atoms with Crippen LogP contribution in [-0.2, 0) is 0 Å². The Kier molecular flexibility index (Phi) is 5.88. The van der Waals surface area contributed by atoms with Crippen molar-refractivity contribution in [1.82, 2.24) is 10.2 Å². The van der Waals surface area contributed by atoms with Gasteiger partial charge in [-0.3, -0.25) is 4.79 Å². The lowest BCUT2D eigenvalue weighted by molar-refractivity contribution is 0.0703. The quantitative estimate of drug-likeness (QED) is 0.783. The van der Waals surface area contributed by atoms with Gasteiger partial charge in [0, 0.05) is 24.0 Å². The lowest BCUT2D eigenvalue weighted by Gasteiger charge is -2.26. The highest BCUT2D eigenvalue weighted by Crippen LogP contribution is 2.21. The van der Waals surface area contributed by atoms with Crippen molar-refractivity contribution in [2.75, 3.05) is 32.5 Å². The first-order valence-corrected chi connectivity index (χ1v) is 8.25. The van der Waals surface area contributed by atoms with Gasteiger partial charge in [0.25, 0.3) is 5.91 Å². The summed E-state index contributed by atoms with van der Waals surface area (Å²) in [4.78, 5) is 15.4. The zero-order chi connectivity index (χ0) is 14.4. The topological polar surface area (TPSA) is 52.6 Å². The number of benzene rings is 1. The molecule has 1 aromatic carbocycles. The number of carbonyl (C=O) groups is 1. The van der Waals surface area contributed by atoms with Crippen molar-refractivity contribution in [3.05, 3.63) is 29.8 Å². The predicted molar refractivity (Wildman–Crippen MR) is 82.2 cm³/mol. The third-order valence-corrected chi connectivity index (χ3v) is 4.39. The highest BCUT2D eigenvalue weighted by atomic mass is 32.2. The van der Waals surface area contributed by atoms with Gasteiger partial charge in [0.2, 0.25) is 0 Å². The number of hydrogen-bond donors (Lipinski definition) is 2. The van der Waals surface area contributed by atoms with Crippen LogP contribution in [0.1, 0.15) is 23.2 Å². The van der Waals surface area contributed by atoms with Gasteiger partial charge in [0.15, 0.2) is 0 Å². The molecule has 1 amide bonds. The lowest BCUT2D eigenvalue weighted by Crippen LogP contribution is -2.42. The van der Waals surface area contributed by atoms with Crippen molar-refractivity contribution < 1.29 is 9.90 Å². The minimum Gasteiger partial charge on any atom is -0.395 e. The van der Waals surface area contributed by atoms with Gasteiger partial charge in [-0.2, -0.15) is 0 Å². The summed E-state index contributed by atoms with van der Waals surface area (Å²) < 4.78 is 0. The molecule has 0 aromatic heterocycles. The normalized spacial score (nSPS) is 18.2. The first-order chi connectivity index (χ1) is 9.76. The Bertz CT molecular complexity index is 447. The molecule has 0 bridgehead atoms. The highest BCUT2D eigenvalue weighted by Gasteiger charge is 2.23. The Labute approximate surface area is 124 Å². The SMILES string of the molecule is CSc1ccccc1C(=O)N(CCO)CC1CCCN1. The lowest BCUT2D eigenvalue weighted by atomic mass is 10.1. The average Bonchev–Trinajstić information content (AvgIpc) is 2.99. The first-order valence-electron chi connectivity index (χ1n) is 7.02. The summed E-state index contributed by atoms with van der Waals surface area (Å²) in [6.45, 7) is 2.08. The summed E-state index contributed by atoms with van der Waals surface area (Å²) in [5.41, 5.74) is 0.728. The van der Waals surface area contributed by atoms with E-state index in [-0.39, 0.29) is 12.5 Å². The fourth-order valence-electron chi connectivity index (χ4n) is 2.57. The van der Waals surface area contributed by atoms with Crippen molar-refractivity contribution in [3.8, 4) is 0 Å². The van der Waals surface area contributed by atoms with Gasteiger partial charge in [-0.15, -0.1) is 11.8 Å². The van der Waals surface area contributed by atoms with Gasteiger partial charge in [0.1, 0.15) is 0 Å². The molecule has 2 N–H and O–H groups in total. The number of aliphatic hydroxyl groups is 1. The number of nitrogens with zero attached hydrogens (tertiary/aromatic N) is 1. The summed E-state index contributed by atoms with van der Waals surface area (Å²) in [5, 5.41) is 12.6. The Morgan fingerprint density at radius 1 is 1.50 bits per heavy atom. The van der Waals surface area contributed by atoms with Gasteiger partial charge < -0.3 is 15.3 Å². The van der Waals surface area contributed by atoms with E-state index in [1.807, 2.05) is 30.5 Å². The van der Waals surface area contributed by atoms with E-state index in [9.17, 15) is 9.90 Å². The Morgan fingerprint density at radius 3 is 2.95 bits per heavy atom. The van der Waals surface area contributed by atoms with Gasteiger partial charge >= 0.3 is 0 Å². The number of carbonyl (C=O) groups excluding carboxylic acids is 1. The van der Waals surface area contributed by atoms with Crippen LogP contribution in [-0.4, -0.2) is 54.5 Å². The Balaban J connectivity index is 2.12. The summed E-state index contributed by atoms with van der Waals surface area (Å²) in [7, 11) is 0. The van der Waals surface area contributed by atoms with Crippen molar-refractivity contribution in [2.45, 2.75) is 23.8 Å². The van der Waals surface area contributed by atoms with Crippen molar-refractivity contribution in [3.63, 3.8) is 0 Å². The summed E-state index contributed by atoms with van der Waals surface area (Å²) >= 11 is 1.58. The average molecular weight is 294 g/mol. The van der Waals surface area contributed by atoms with Crippen LogP contribution in [0.4, 0.5) is 0 Å². The van der Waals surface area contributed by atoms with Gasteiger partial charge in [-0.1, -0.05) is 12.1 Å². The van der Waals surface area contributed by atoms with Crippen molar-refractivity contribution in [1.29, 1.82) is 0 Å². The number of thioether (sulfide) groups is 1. The molecule has 5 heteroatoms. The fraction of sp³-hybridized carbons (Fsp3) is 0.533. The Morgan fingerprint density at radius 2 is 2.30 bits per heavy atom. The van der Waals surface area contributed by atoms with Crippen LogP contribution in [0, 0.1) is 0 Å². The van der Waals surface area contributed by atoms with Crippen LogP contribution in [0.15, 0.2) is 29.2 Å². The summed E-state index contributed by atoms with van der Waals surface area (Å²) in [5.74, 6) is 0.0118. The standard InChI is InChI=1S/C15H22N2O2S/c1-20-14-7-3-2-6-13(14)15(19)17(9-10-18)11-12-5-4-8-16-12/h2-3,6-7,12,16,18H,4-5,8-11H2,1H3. The monoisotopic (exact) mass is 294 g/mol. The number of rotatable bonds is 6. The molecule has 1 aliphatic rings. The predicted octanol–water partition coefficient (Wildman–Crippen LogP) is 1.59. The molecule has 4 nitrogen and oxygen atoms in total. The molecular formula is C15H22N2O2S. The van der Waals surface area contributed by atoms with E-state index in [1.165, 1.54) is 0 Å². The van der Waals surface area contributed by atoms with Crippen molar-refractivity contribution in [2.24, 2.45) is 0 Å². The molecule has 1 saturated heterocycles. The molecule has 1 heterocycles. The van der Waals surface area contributed by atoms with Gasteiger partial charge in [-0.25, -0.2) is 0 Å². The summed E-state index contributed by atoms with van der Waals surface area (Å²) in [6.07, 6.45) is 4.23. The molecule has 1 fully saturated rings. The van der Waals surface area contributed by atoms with Gasteiger partial charge in [-0.05, 0) is 37.8 Å². The smallest absolute Gasteiger partial charge is 0.255 e. The third kappa shape index (κ3) is 3.75. The number of amides is 1. The van der Waals surface area contributed by atoms with E-state index < -0.39 is 0 Å². The number of nitrogens with one attached hydrogen (secondary N) is 1. The number of aliphatic hydroxyl groups excluding tert-OH is 1. The fourth-order valence-corrected chi connectivity index (χ4v) is 3.16. The second-order valence-corrected chi connectivity index (χ2v) is 5.82. The molecule has 1 atom stereocenters. The van der Waals surface area contributed by atoms with Crippen LogP contribution in [0.25, 0.3) is 0 Å². The molecule has 0 saturated carbocycles. The van der Waals surface area contributed by atoms with E-state index in [0.29, 0.717) is 19.1 Å². The number of hydrogen-bond acceptors (Lipinski definition) is 4. The maximum Gasteiger partial charge on any atom is 0.255 e. The second kappa shape index (κ2) is 7.67. The van der Waals surface area contributed by atoms with E-state index in [4.69, 9.17) is 0 Å². The van der Waals surface area contributed by atoms with Crippen LogP contribution >= 0.6 is 11.8 Å². The molecule has 20 heavy (non-hydrogen) atoms. The molecule has 1 unspecified atom stereocenters. The zero-order valence-electron chi connectivity index (χ0n) is 11.8. The molecule has 2 rings (SSSR count). The molecule has 1 aliphatic heterocycles. The van der Waals surface area contributed by atoms with Crippen LogP contribution in [0.2, 0.25) is 0 Å². The zero-order valence-corrected chi connectivity index (χ0v) is 12.7. The Hall–Kier alpha value is -1.04. The third-order valence-electron chi connectivity index (χ3n) is 3.60. The summed E-state index contributed by atoms with van der Waals surface area (Å²) in [6, 6.07) is 8.01. The minimum absolute atomic E-state index is 0.000104. The van der Waals surface area contributed by atoms with E-state index in [0.717, 1.165) is 29.8 Å².